The number of halogens is 1. The Morgan fingerprint density at radius 2 is 2.11 bits per heavy atom. The molecule has 1 aromatic rings. The fourth-order valence-electron chi connectivity index (χ4n) is 2.57. The van der Waals surface area contributed by atoms with Crippen LogP contribution in [-0.4, -0.2) is 31.1 Å². The van der Waals surface area contributed by atoms with Crippen molar-refractivity contribution in [3.63, 3.8) is 0 Å². The van der Waals surface area contributed by atoms with Crippen LogP contribution < -0.4 is 5.32 Å². The summed E-state index contributed by atoms with van der Waals surface area (Å²) in [5, 5.41) is 3.59. The predicted octanol–water partition coefficient (Wildman–Crippen LogP) is 3.27. The number of nitrogens with one attached hydrogen (secondary N) is 1. The summed E-state index contributed by atoms with van der Waals surface area (Å²) in [6, 6.07) is 8.54. The van der Waals surface area contributed by atoms with Crippen molar-refractivity contribution in [3.05, 3.63) is 34.3 Å². The van der Waals surface area contributed by atoms with E-state index in [0.29, 0.717) is 0 Å². The minimum atomic E-state index is 0.861. The Morgan fingerprint density at radius 3 is 2.78 bits per heavy atom. The predicted molar refractivity (Wildman–Crippen MR) is 80.7 cm³/mol. The van der Waals surface area contributed by atoms with Crippen LogP contribution in [0.25, 0.3) is 0 Å². The summed E-state index contributed by atoms with van der Waals surface area (Å²) in [4.78, 5) is 2.55. The number of rotatable bonds is 5. The van der Waals surface area contributed by atoms with Gasteiger partial charge in [0.15, 0.2) is 0 Å². The highest BCUT2D eigenvalue weighted by Crippen LogP contribution is 2.16. The molecule has 18 heavy (non-hydrogen) atoms. The van der Waals surface area contributed by atoms with Gasteiger partial charge in [-0.25, -0.2) is 0 Å². The summed E-state index contributed by atoms with van der Waals surface area (Å²) in [5.41, 5.74) is 1.36. The quantitative estimate of drug-likeness (QED) is 0.898. The molecule has 0 spiro atoms. The molecule has 1 fully saturated rings. The first-order valence-corrected chi connectivity index (χ1v) is 7.74. The maximum atomic E-state index is 3.59. The Kier molecular flexibility index (Phi) is 5.67. The lowest BCUT2D eigenvalue weighted by molar-refractivity contribution is 0.190. The zero-order valence-electron chi connectivity index (χ0n) is 11.2. The number of likely N-dealkylation sites (tertiary alicyclic amines) is 1. The first-order valence-electron chi connectivity index (χ1n) is 6.95. The standard InChI is InChI=1S/C15H23BrN2/c1-2-18-8-6-13(7-9-18)11-17-12-14-4-3-5-15(16)10-14/h3-5,10,13,17H,2,6-9,11-12H2,1H3. The summed E-state index contributed by atoms with van der Waals surface area (Å²) >= 11 is 3.51. The molecule has 1 aliphatic heterocycles. The maximum absolute atomic E-state index is 3.59. The van der Waals surface area contributed by atoms with Crippen LogP contribution in [0.4, 0.5) is 0 Å². The summed E-state index contributed by atoms with van der Waals surface area (Å²) in [7, 11) is 0. The molecule has 1 saturated heterocycles. The highest BCUT2D eigenvalue weighted by Gasteiger charge is 2.17. The number of nitrogens with zero attached hydrogens (tertiary/aromatic N) is 1. The Labute approximate surface area is 119 Å². The van der Waals surface area contributed by atoms with E-state index in [2.05, 4.69) is 57.3 Å². The highest BCUT2D eigenvalue weighted by atomic mass is 79.9. The monoisotopic (exact) mass is 310 g/mol. The number of hydrogen-bond donors (Lipinski definition) is 1. The molecule has 0 radical (unpaired) electrons. The van der Waals surface area contributed by atoms with Crippen molar-refractivity contribution in [1.29, 1.82) is 0 Å². The Bertz CT molecular complexity index is 359. The van der Waals surface area contributed by atoms with E-state index in [0.717, 1.165) is 23.5 Å². The van der Waals surface area contributed by atoms with Crippen molar-refractivity contribution in [3.8, 4) is 0 Å². The number of hydrogen-bond acceptors (Lipinski definition) is 2. The summed E-state index contributed by atoms with van der Waals surface area (Å²) in [5.74, 6) is 0.861. The van der Waals surface area contributed by atoms with Crippen molar-refractivity contribution >= 4 is 15.9 Å². The molecule has 2 rings (SSSR count). The average Bonchev–Trinajstić information content (AvgIpc) is 2.40. The normalized spacial score (nSPS) is 18.1. The molecule has 0 atom stereocenters. The fraction of sp³-hybridized carbons (Fsp3) is 0.600. The minimum absolute atomic E-state index is 0.861. The van der Waals surface area contributed by atoms with Crippen molar-refractivity contribution in [2.24, 2.45) is 5.92 Å². The molecule has 100 valence electrons. The second kappa shape index (κ2) is 7.27. The lowest BCUT2D eigenvalue weighted by Gasteiger charge is -2.31. The van der Waals surface area contributed by atoms with E-state index in [1.807, 2.05) is 0 Å². The van der Waals surface area contributed by atoms with Crippen molar-refractivity contribution in [1.82, 2.24) is 10.2 Å². The molecular formula is C15H23BrN2. The third-order valence-electron chi connectivity index (χ3n) is 3.81. The van der Waals surface area contributed by atoms with Gasteiger partial charge < -0.3 is 10.2 Å². The van der Waals surface area contributed by atoms with Gasteiger partial charge in [-0.05, 0) is 62.6 Å². The molecule has 1 heterocycles. The Balaban J connectivity index is 1.67. The molecule has 0 unspecified atom stereocenters. The van der Waals surface area contributed by atoms with Gasteiger partial charge in [0, 0.05) is 11.0 Å². The molecule has 0 saturated carbocycles. The van der Waals surface area contributed by atoms with Crippen LogP contribution in [0.2, 0.25) is 0 Å². The van der Waals surface area contributed by atoms with Crippen LogP contribution in [0.15, 0.2) is 28.7 Å². The van der Waals surface area contributed by atoms with E-state index in [9.17, 15) is 0 Å². The first kappa shape index (κ1) is 14.0. The van der Waals surface area contributed by atoms with E-state index < -0.39 is 0 Å². The van der Waals surface area contributed by atoms with Gasteiger partial charge in [-0.3, -0.25) is 0 Å². The van der Waals surface area contributed by atoms with Crippen LogP contribution in [0, 0.1) is 5.92 Å². The van der Waals surface area contributed by atoms with Crippen molar-refractivity contribution < 1.29 is 0 Å². The van der Waals surface area contributed by atoms with E-state index in [-0.39, 0.29) is 0 Å². The number of piperidine rings is 1. The molecule has 0 aliphatic carbocycles. The topological polar surface area (TPSA) is 15.3 Å². The molecule has 3 heteroatoms. The van der Waals surface area contributed by atoms with E-state index in [1.54, 1.807) is 0 Å². The smallest absolute Gasteiger partial charge is 0.0206 e. The highest BCUT2D eigenvalue weighted by molar-refractivity contribution is 9.10. The second-order valence-corrected chi connectivity index (χ2v) is 6.05. The van der Waals surface area contributed by atoms with E-state index in [1.165, 1.54) is 38.0 Å². The zero-order valence-corrected chi connectivity index (χ0v) is 12.7. The molecule has 1 aromatic carbocycles. The third-order valence-corrected chi connectivity index (χ3v) is 4.30. The number of benzene rings is 1. The Hall–Kier alpha value is -0.380. The van der Waals surface area contributed by atoms with Crippen LogP contribution in [0.5, 0.6) is 0 Å². The van der Waals surface area contributed by atoms with Gasteiger partial charge in [-0.15, -0.1) is 0 Å². The van der Waals surface area contributed by atoms with Crippen LogP contribution in [-0.2, 0) is 6.54 Å². The van der Waals surface area contributed by atoms with Gasteiger partial charge in [0.1, 0.15) is 0 Å². The summed E-state index contributed by atoms with van der Waals surface area (Å²) in [6.07, 6.45) is 2.69. The summed E-state index contributed by atoms with van der Waals surface area (Å²) in [6.45, 7) is 8.15. The van der Waals surface area contributed by atoms with Crippen LogP contribution in [0.3, 0.4) is 0 Å². The maximum Gasteiger partial charge on any atom is 0.0206 e. The molecular weight excluding hydrogens is 288 g/mol. The molecule has 0 aromatic heterocycles. The van der Waals surface area contributed by atoms with Gasteiger partial charge in [0.2, 0.25) is 0 Å². The third kappa shape index (κ3) is 4.38. The molecule has 2 nitrogen and oxygen atoms in total. The largest absolute Gasteiger partial charge is 0.312 e. The van der Waals surface area contributed by atoms with Crippen LogP contribution in [0.1, 0.15) is 25.3 Å². The van der Waals surface area contributed by atoms with Crippen molar-refractivity contribution in [2.75, 3.05) is 26.2 Å². The molecule has 1 aliphatic rings. The SMILES string of the molecule is CCN1CCC(CNCc2cccc(Br)c2)CC1. The van der Waals surface area contributed by atoms with Gasteiger partial charge >= 0.3 is 0 Å². The molecule has 0 bridgehead atoms. The zero-order chi connectivity index (χ0) is 12.8. The van der Waals surface area contributed by atoms with Crippen LogP contribution >= 0.6 is 15.9 Å². The van der Waals surface area contributed by atoms with E-state index >= 15 is 0 Å². The minimum Gasteiger partial charge on any atom is -0.312 e. The lowest BCUT2D eigenvalue weighted by atomic mass is 9.97. The van der Waals surface area contributed by atoms with Crippen molar-refractivity contribution in [2.45, 2.75) is 26.3 Å². The Morgan fingerprint density at radius 1 is 1.33 bits per heavy atom. The van der Waals surface area contributed by atoms with Gasteiger partial charge in [0.25, 0.3) is 0 Å². The lowest BCUT2D eigenvalue weighted by Crippen LogP contribution is -2.36. The first-order chi connectivity index (χ1) is 8.78. The molecule has 0 amide bonds. The van der Waals surface area contributed by atoms with Gasteiger partial charge in [-0.1, -0.05) is 35.0 Å². The fourth-order valence-corrected chi connectivity index (χ4v) is 3.02. The van der Waals surface area contributed by atoms with Gasteiger partial charge in [0.05, 0.1) is 0 Å². The summed E-state index contributed by atoms with van der Waals surface area (Å²) < 4.78 is 1.16. The van der Waals surface area contributed by atoms with E-state index in [4.69, 9.17) is 0 Å². The second-order valence-electron chi connectivity index (χ2n) is 5.14. The molecule has 1 N–H and O–H groups in total. The average molecular weight is 311 g/mol. The van der Waals surface area contributed by atoms with Gasteiger partial charge in [-0.2, -0.15) is 0 Å².